The van der Waals surface area contributed by atoms with E-state index in [-0.39, 0.29) is 18.3 Å². The molecule has 0 aliphatic carbocycles. The van der Waals surface area contributed by atoms with E-state index in [1.54, 1.807) is 18.2 Å². The molecular weight excluding hydrogens is 233 g/mol. The van der Waals surface area contributed by atoms with Crippen molar-refractivity contribution in [3.05, 3.63) is 41.7 Å². The van der Waals surface area contributed by atoms with Crippen LogP contribution in [-0.4, -0.2) is 23.7 Å². The SMILES string of the molecule is CCCC(O)CNC(=O)/C=C/c1ccccc1F. The average Bonchev–Trinajstić information content (AvgIpc) is 2.36. The Morgan fingerprint density at radius 3 is 2.89 bits per heavy atom. The number of aliphatic hydroxyl groups excluding tert-OH is 1. The first-order valence-corrected chi connectivity index (χ1v) is 6.02. The topological polar surface area (TPSA) is 49.3 Å². The number of halogens is 1. The van der Waals surface area contributed by atoms with Crippen LogP contribution < -0.4 is 5.32 Å². The highest BCUT2D eigenvalue weighted by molar-refractivity contribution is 5.91. The van der Waals surface area contributed by atoms with Crippen molar-refractivity contribution in [2.24, 2.45) is 0 Å². The lowest BCUT2D eigenvalue weighted by molar-refractivity contribution is -0.116. The van der Waals surface area contributed by atoms with Gasteiger partial charge in [-0.25, -0.2) is 4.39 Å². The van der Waals surface area contributed by atoms with Crippen LogP contribution in [0.5, 0.6) is 0 Å². The zero-order valence-electron chi connectivity index (χ0n) is 10.4. The third kappa shape index (κ3) is 5.10. The minimum atomic E-state index is -0.527. The Balaban J connectivity index is 2.43. The molecule has 1 amide bonds. The summed E-state index contributed by atoms with van der Waals surface area (Å²) in [7, 11) is 0. The van der Waals surface area contributed by atoms with Crippen LogP contribution in [0, 0.1) is 5.82 Å². The van der Waals surface area contributed by atoms with Crippen LogP contribution >= 0.6 is 0 Å². The van der Waals surface area contributed by atoms with Crippen molar-refractivity contribution in [1.82, 2.24) is 5.32 Å². The van der Waals surface area contributed by atoms with Crippen molar-refractivity contribution in [2.75, 3.05) is 6.54 Å². The Morgan fingerprint density at radius 1 is 1.50 bits per heavy atom. The van der Waals surface area contributed by atoms with Crippen LogP contribution in [0.2, 0.25) is 0 Å². The number of rotatable bonds is 6. The van der Waals surface area contributed by atoms with Crippen molar-refractivity contribution in [2.45, 2.75) is 25.9 Å². The normalized spacial score (nSPS) is 12.6. The van der Waals surface area contributed by atoms with Crippen LogP contribution in [0.25, 0.3) is 6.08 Å². The largest absolute Gasteiger partial charge is 0.391 e. The van der Waals surface area contributed by atoms with Gasteiger partial charge in [-0.15, -0.1) is 0 Å². The van der Waals surface area contributed by atoms with Gasteiger partial charge in [0.1, 0.15) is 5.82 Å². The van der Waals surface area contributed by atoms with Gasteiger partial charge in [-0.3, -0.25) is 4.79 Å². The fourth-order valence-electron chi connectivity index (χ4n) is 1.49. The fraction of sp³-hybridized carbons (Fsp3) is 0.357. The van der Waals surface area contributed by atoms with Gasteiger partial charge >= 0.3 is 0 Å². The summed E-state index contributed by atoms with van der Waals surface area (Å²) in [5.74, 6) is -0.707. The Hall–Kier alpha value is -1.68. The van der Waals surface area contributed by atoms with Crippen LogP contribution in [0.3, 0.4) is 0 Å². The first kappa shape index (κ1) is 14.4. The molecule has 18 heavy (non-hydrogen) atoms. The van der Waals surface area contributed by atoms with Crippen molar-refractivity contribution in [3.63, 3.8) is 0 Å². The summed E-state index contributed by atoms with van der Waals surface area (Å²) in [6, 6.07) is 6.22. The van der Waals surface area contributed by atoms with Crippen molar-refractivity contribution >= 4 is 12.0 Å². The molecular formula is C14H18FNO2. The molecule has 0 heterocycles. The number of carbonyl (C=O) groups is 1. The molecule has 1 aromatic rings. The number of aliphatic hydroxyl groups is 1. The average molecular weight is 251 g/mol. The van der Waals surface area contributed by atoms with Gasteiger partial charge < -0.3 is 10.4 Å². The summed E-state index contributed by atoms with van der Waals surface area (Å²) in [4.78, 5) is 11.4. The molecule has 0 saturated heterocycles. The van der Waals surface area contributed by atoms with Crippen LogP contribution in [0.15, 0.2) is 30.3 Å². The van der Waals surface area contributed by atoms with E-state index in [1.807, 2.05) is 6.92 Å². The summed E-state index contributed by atoms with van der Waals surface area (Å²) in [5.41, 5.74) is 0.363. The second-order valence-corrected chi connectivity index (χ2v) is 4.04. The predicted molar refractivity (Wildman–Crippen MR) is 69.4 cm³/mol. The van der Waals surface area contributed by atoms with Gasteiger partial charge in [-0.2, -0.15) is 0 Å². The molecule has 0 aromatic heterocycles. The maximum atomic E-state index is 13.2. The first-order chi connectivity index (χ1) is 8.63. The molecule has 0 aliphatic heterocycles. The molecule has 0 fully saturated rings. The van der Waals surface area contributed by atoms with E-state index < -0.39 is 6.10 Å². The van der Waals surface area contributed by atoms with E-state index in [0.29, 0.717) is 12.0 Å². The zero-order chi connectivity index (χ0) is 13.4. The molecule has 1 unspecified atom stereocenters. The Morgan fingerprint density at radius 2 is 2.22 bits per heavy atom. The maximum Gasteiger partial charge on any atom is 0.244 e. The van der Waals surface area contributed by atoms with Gasteiger partial charge in [-0.1, -0.05) is 31.5 Å². The molecule has 98 valence electrons. The van der Waals surface area contributed by atoms with E-state index in [0.717, 1.165) is 6.42 Å². The highest BCUT2D eigenvalue weighted by Gasteiger charge is 2.03. The van der Waals surface area contributed by atoms with E-state index >= 15 is 0 Å². The van der Waals surface area contributed by atoms with Crippen LogP contribution in [0.4, 0.5) is 4.39 Å². The van der Waals surface area contributed by atoms with Crippen molar-refractivity contribution in [1.29, 1.82) is 0 Å². The molecule has 2 N–H and O–H groups in total. The minimum Gasteiger partial charge on any atom is -0.391 e. The van der Waals surface area contributed by atoms with Gasteiger partial charge in [0.15, 0.2) is 0 Å². The number of amides is 1. The molecule has 0 saturated carbocycles. The van der Waals surface area contributed by atoms with E-state index in [2.05, 4.69) is 5.32 Å². The number of hydrogen-bond acceptors (Lipinski definition) is 2. The monoisotopic (exact) mass is 251 g/mol. The zero-order valence-corrected chi connectivity index (χ0v) is 10.4. The standard InChI is InChI=1S/C14H18FNO2/c1-2-5-12(17)10-16-14(18)9-8-11-6-3-4-7-13(11)15/h3-4,6-9,12,17H,2,5,10H2,1H3,(H,16,18)/b9-8+. The van der Waals surface area contributed by atoms with E-state index in [9.17, 15) is 14.3 Å². The molecule has 0 radical (unpaired) electrons. The Kier molecular flexibility index (Phi) is 6.08. The fourth-order valence-corrected chi connectivity index (χ4v) is 1.49. The van der Waals surface area contributed by atoms with Gasteiger partial charge in [0, 0.05) is 18.2 Å². The van der Waals surface area contributed by atoms with Crippen LogP contribution in [-0.2, 0) is 4.79 Å². The third-order valence-electron chi connectivity index (χ3n) is 2.45. The van der Waals surface area contributed by atoms with Gasteiger partial charge in [0.2, 0.25) is 5.91 Å². The second kappa shape index (κ2) is 7.61. The molecule has 0 spiro atoms. The van der Waals surface area contributed by atoms with Crippen LogP contribution in [0.1, 0.15) is 25.3 Å². The lowest BCUT2D eigenvalue weighted by Gasteiger charge is -2.08. The lowest BCUT2D eigenvalue weighted by Crippen LogP contribution is -2.30. The highest BCUT2D eigenvalue weighted by atomic mass is 19.1. The van der Waals surface area contributed by atoms with Gasteiger partial charge in [0.25, 0.3) is 0 Å². The Bertz CT molecular complexity index is 418. The summed E-state index contributed by atoms with van der Waals surface area (Å²) < 4.78 is 13.2. The maximum absolute atomic E-state index is 13.2. The molecule has 4 heteroatoms. The summed E-state index contributed by atoms with van der Waals surface area (Å²) in [6.45, 7) is 2.18. The summed E-state index contributed by atoms with van der Waals surface area (Å²) in [6.07, 6.45) is 3.66. The molecule has 0 aliphatic rings. The number of benzene rings is 1. The minimum absolute atomic E-state index is 0.217. The van der Waals surface area contributed by atoms with Crippen molar-refractivity contribution in [3.8, 4) is 0 Å². The Labute approximate surface area is 106 Å². The number of hydrogen-bond donors (Lipinski definition) is 2. The van der Waals surface area contributed by atoms with E-state index in [1.165, 1.54) is 18.2 Å². The molecule has 0 bridgehead atoms. The highest BCUT2D eigenvalue weighted by Crippen LogP contribution is 2.07. The first-order valence-electron chi connectivity index (χ1n) is 6.02. The number of carbonyl (C=O) groups excluding carboxylic acids is 1. The smallest absolute Gasteiger partial charge is 0.244 e. The summed E-state index contributed by atoms with van der Waals surface area (Å²) in [5, 5.41) is 12.0. The van der Waals surface area contributed by atoms with Gasteiger partial charge in [0.05, 0.1) is 6.10 Å². The predicted octanol–water partition coefficient (Wildman–Crippen LogP) is 2.12. The molecule has 1 rings (SSSR count). The van der Waals surface area contributed by atoms with Gasteiger partial charge in [-0.05, 0) is 18.6 Å². The third-order valence-corrected chi connectivity index (χ3v) is 2.45. The molecule has 1 aromatic carbocycles. The quantitative estimate of drug-likeness (QED) is 0.761. The number of nitrogens with one attached hydrogen (secondary N) is 1. The molecule has 3 nitrogen and oxygen atoms in total. The summed E-state index contributed by atoms with van der Waals surface area (Å²) >= 11 is 0. The van der Waals surface area contributed by atoms with E-state index in [4.69, 9.17) is 0 Å². The lowest BCUT2D eigenvalue weighted by atomic mass is 10.2. The molecule has 1 atom stereocenters. The van der Waals surface area contributed by atoms with Crippen molar-refractivity contribution < 1.29 is 14.3 Å². The second-order valence-electron chi connectivity index (χ2n) is 4.04.